The molecule has 1 atom stereocenters. The number of rotatable bonds is 5. The second-order valence-electron chi connectivity index (χ2n) is 5.39. The minimum absolute atomic E-state index is 0.0458. The van der Waals surface area contributed by atoms with Crippen LogP contribution in [0.1, 0.15) is 36.5 Å². The summed E-state index contributed by atoms with van der Waals surface area (Å²) in [6.07, 6.45) is 2.43. The molecule has 1 aromatic carbocycles. The molecule has 4 nitrogen and oxygen atoms in total. The molecule has 1 aromatic rings. The lowest BCUT2D eigenvalue weighted by Gasteiger charge is -2.28. The first-order chi connectivity index (χ1) is 9.94. The molecule has 0 aliphatic carbocycles. The number of nitrogens with zero attached hydrogens (tertiary/aromatic N) is 1. The standard InChI is InChI=1S/C15H20INO3S/c1-2-3-9-17(12-8-10-21(19,20)11-12)15(18)13-6-4-5-7-14(13)16/h4-7,12H,2-3,8-11H2,1H3/t12-/m0/s1. The van der Waals surface area contributed by atoms with Crippen molar-refractivity contribution >= 4 is 38.3 Å². The molecule has 21 heavy (non-hydrogen) atoms. The van der Waals surface area contributed by atoms with E-state index in [0.717, 1.165) is 16.4 Å². The fourth-order valence-corrected chi connectivity index (χ4v) is 4.94. The zero-order chi connectivity index (χ0) is 15.5. The average Bonchev–Trinajstić information content (AvgIpc) is 2.79. The maximum Gasteiger partial charge on any atom is 0.255 e. The quantitative estimate of drug-likeness (QED) is 0.688. The molecule has 1 heterocycles. The molecule has 1 aliphatic rings. The third-order valence-electron chi connectivity index (χ3n) is 3.77. The van der Waals surface area contributed by atoms with Gasteiger partial charge in [-0.25, -0.2) is 8.42 Å². The van der Waals surface area contributed by atoms with E-state index in [2.05, 4.69) is 29.5 Å². The van der Waals surface area contributed by atoms with Crippen molar-refractivity contribution in [3.05, 3.63) is 33.4 Å². The van der Waals surface area contributed by atoms with Crippen LogP contribution in [0.4, 0.5) is 0 Å². The topological polar surface area (TPSA) is 54.5 Å². The highest BCUT2D eigenvalue weighted by molar-refractivity contribution is 14.1. The highest BCUT2D eigenvalue weighted by atomic mass is 127. The predicted octanol–water partition coefficient (Wildman–Crippen LogP) is 2.72. The summed E-state index contributed by atoms with van der Waals surface area (Å²) in [4.78, 5) is 14.6. The normalized spacial score (nSPS) is 20.4. The molecule has 0 bridgehead atoms. The van der Waals surface area contributed by atoms with Crippen molar-refractivity contribution in [1.82, 2.24) is 4.90 Å². The lowest BCUT2D eigenvalue weighted by Crippen LogP contribution is -2.42. The van der Waals surface area contributed by atoms with E-state index >= 15 is 0 Å². The molecule has 1 aliphatic heterocycles. The van der Waals surface area contributed by atoms with Crippen LogP contribution in [-0.4, -0.2) is 43.3 Å². The molecule has 0 N–H and O–H groups in total. The summed E-state index contributed by atoms with van der Waals surface area (Å²) in [5.41, 5.74) is 0.665. The van der Waals surface area contributed by atoms with E-state index in [1.807, 2.05) is 24.3 Å². The van der Waals surface area contributed by atoms with Gasteiger partial charge < -0.3 is 4.90 Å². The van der Waals surface area contributed by atoms with Gasteiger partial charge in [-0.15, -0.1) is 0 Å². The summed E-state index contributed by atoms with van der Waals surface area (Å²) in [6, 6.07) is 7.28. The van der Waals surface area contributed by atoms with Gasteiger partial charge in [0.15, 0.2) is 9.84 Å². The Morgan fingerprint density at radius 2 is 2.10 bits per heavy atom. The van der Waals surface area contributed by atoms with Crippen LogP contribution in [0.25, 0.3) is 0 Å². The van der Waals surface area contributed by atoms with Crippen LogP contribution < -0.4 is 0 Å². The number of amides is 1. The van der Waals surface area contributed by atoms with Crippen molar-refractivity contribution in [2.24, 2.45) is 0 Å². The third-order valence-corrected chi connectivity index (χ3v) is 6.46. The molecule has 0 aromatic heterocycles. The number of unbranched alkanes of at least 4 members (excludes halogenated alkanes) is 1. The van der Waals surface area contributed by atoms with Crippen molar-refractivity contribution in [1.29, 1.82) is 0 Å². The lowest BCUT2D eigenvalue weighted by atomic mass is 10.1. The van der Waals surface area contributed by atoms with E-state index in [1.165, 1.54) is 0 Å². The summed E-state index contributed by atoms with van der Waals surface area (Å²) in [5.74, 6) is 0.251. The summed E-state index contributed by atoms with van der Waals surface area (Å²) in [7, 11) is -2.99. The highest BCUT2D eigenvalue weighted by Crippen LogP contribution is 2.22. The Kier molecular flexibility index (Phi) is 5.65. The predicted molar refractivity (Wildman–Crippen MR) is 92.2 cm³/mol. The van der Waals surface area contributed by atoms with Gasteiger partial charge in [-0.05, 0) is 47.6 Å². The Bertz CT molecular complexity index is 615. The number of hydrogen-bond donors (Lipinski definition) is 0. The largest absolute Gasteiger partial charge is 0.335 e. The highest BCUT2D eigenvalue weighted by Gasteiger charge is 2.35. The smallest absolute Gasteiger partial charge is 0.255 e. The molecule has 0 spiro atoms. The van der Waals surface area contributed by atoms with Crippen LogP contribution in [0.2, 0.25) is 0 Å². The SMILES string of the molecule is CCCCN(C(=O)c1ccccc1I)[C@H]1CCS(=O)(=O)C1. The van der Waals surface area contributed by atoms with Crippen LogP contribution in [0.3, 0.4) is 0 Å². The van der Waals surface area contributed by atoms with Crippen LogP contribution in [0.15, 0.2) is 24.3 Å². The summed E-state index contributed by atoms with van der Waals surface area (Å²) >= 11 is 2.15. The van der Waals surface area contributed by atoms with Gasteiger partial charge in [0.2, 0.25) is 0 Å². The first kappa shape index (κ1) is 16.7. The van der Waals surface area contributed by atoms with Gasteiger partial charge in [0, 0.05) is 16.2 Å². The van der Waals surface area contributed by atoms with Crippen molar-refractivity contribution in [3.8, 4) is 0 Å². The lowest BCUT2D eigenvalue weighted by molar-refractivity contribution is 0.0693. The fraction of sp³-hybridized carbons (Fsp3) is 0.533. The Hall–Kier alpha value is -0.630. The van der Waals surface area contributed by atoms with Crippen LogP contribution >= 0.6 is 22.6 Å². The first-order valence-electron chi connectivity index (χ1n) is 7.20. The zero-order valence-corrected chi connectivity index (χ0v) is 15.1. The van der Waals surface area contributed by atoms with E-state index < -0.39 is 9.84 Å². The van der Waals surface area contributed by atoms with Gasteiger partial charge in [0.25, 0.3) is 5.91 Å². The maximum atomic E-state index is 12.8. The second kappa shape index (κ2) is 7.09. The molecule has 1 fully saturated rings. The van der Waals surface area contributed by atoms with E-state index in [9.17, 15) is 13.2 Å². The summed E-state index contributed by atoms with van der Waals surface area (Å²) in [6.45, 7) is 2.70. The Morgan fingerprint density at radius 3 is 2.67 bits per heavy atom. The Labute approximate surface area is 140 Å². The van der Waals surface area contributed by atoms with Crippen LogP contribution in [0, 0.1) is 3.57 Å². The Morgan fingerprint density at radius 1 is 1.38 bits per heavy atom. The van der Waals surface area contributed by atoms with E-state index in [1.54, 1.807) is 4.90 Å². The molecule has 0 saturated carbocycles. The van der Waals surface area contributed by atoms with Gasteiger partial charge in [-0.1, -0.05) is 25.5 Å². The van der Waals surface area contributed by atoms with Crippen molar-refractivity contribution in [2.45, 2.75) is 32.2 Å². The molecule has 0 radical (unpaired) electrons. The minimum atomic E-state index is -2.99. The number of benzene rings is 1. The molecule has 6 heteroatoms. The van der Waals surface area contributed by atoms with E-state index in [-0.39, 0.29) is 23.5 Å². The third kappa shape index (κ3) is 4.18. The molecular formula is C15H20INO3S. The number of carbonyl (C=O) groups is 1. The van der Waals surface area contributed by atoms with Crippen LogP contribution in [-0.2, 0) is 9.84 Å². The first-order valence-corrected chi connectivity index (χ1v) is 10.1. The Balaban J connectivity index is 2.24. The van der Waals surface area contributed by atoms with Gasteiger partial charge >= 0.3 is 0 Å². The molecule has 1 saturated heterocycles. The summed E-state index contributed by atoms with van der Waals surface area (Å²) < 4.78 is 24.3. The van der Waals surface area contributed by atoms with E-state index in [4.69, 9.17) is 0 Å². The summed E-state index contributed by atoms with van der Waals surface area (Å²) in [5, 5.41) is 0. The van der Waals surface area contributed by atoms with E-state index in [0.29, 0.717) is 18.5 Å². The van der Waals surface area contributed by atoms with Crippen molar-refractivity contribution in [2.75, 3.05) is 18.1 Å². The second-order valence-corrected chi connectivity index (χ2v) is 8.78. The number of halogens is 1. The van der Waals surface area contributed by atoms with Gasteiger partial charge in [-0.3, -0.25) is 4.79 Å². The van der Waals surface area contributed by atoms with Crippen molar-refractivity contribution < 1.29 is 13.2 Å². The number of sulfone groups is 1. The number of hydrogen-bond acceptors (Lipinski definition) is 3. The maximum absolute atomic E-state index is 12.8. The fourth-order valence-electron chi connectivity index (χ4n) is 2.59. The molecule has 0 unspecified atom stereocenters. The molecule has 1 amide bonds. The van der Waals surface area contributed by atoms with Gasteiger partial charge in [-0.2, -0.15) is 0 Å². The van der Waals surface area contributed by atoms with Crippen molar-refractivity contribution in [3.63, 3.8) is 0 Å². The number of carbonyl (C=O) groups excluding carboxylic acids is 1. The molecule has 116 valence electrons. The molecular weight excluding hydrogens is 401 g/mol. The van der Waals surface area contributed by atoms with Crippen LogP contribution in [0.5, 0.6) is 0 Å². The monoisotopic (exact) mass is 421 g/mol. The van der Waals surface area contributed by atoms with Gasteiger partial charge in [0.05, 0.1) is 17.1 Å². The average molecular weight is 421 g/mol. The van der Waals surface area contributed by atoms with Gasteiger partial charge in [0.1, 0.15) is 0 Å². The minimum Gasteiger partial charge on any atom is -0.335 e. The molecule has 2 rings (SSSR count). The zero-order valence-electron chi connectivity index (χ0n) is 12.1.